The number of para-hydroxylation sites is 2. The van der Waals surface area contributed by atoms with E-state index in [0.29, 0.717) is 17.9 Å². The van der Waals surface area contributed by atoms with Crippen LogP contribution in [0.4, 0.5) is 5.82 Å². The second-order valence-corrected chi connectivity index (χ2v) is 7.99. The molecule has 0 saturated heterocycles. The number of aryl methyl sites for hydroxylation is 1. The molecule has 0 bridgehead atoms. The topological polar surface area (TPSA) is 81.7 Å². The van der Waals surface area contributed by atoms with Crippen LogP contribution in [0.1, 0.15) is 54.9 Å². The largest absolute Gasteiger partial charge is 0.370 e. The van der Waals surface area contributed by atoms with Gasteiger partial charge in [-0.1, -0.05) is 12.1 Å². The predicted molar refractivity (Wildman–Crippen MR) is 121 cm³/mol. The maximum atomic E-state index is 5.98. The van der Waals surface area contributed by atoms with Crippen LogP contribution in [-0.4, -0.2) is 32.1 Å². The Morgan fingerprint density at radius 1 is 1.07 bits per heavy atom. The SMILES string of the molecule is Cl.Cl.Cn1c(CCNc2cc(C3CC(N)C3)nc(C3CC3)n2)nc2ccccc21. The van der Waals surface area contributed by atoms with Gasteiger partial charge in [0.05, 0.1) is 11.0 Å². The summed E-state index contributed by atoms with van der Waals surface area (Å²) in [6.07, 6.45) is 5.37. The maximum absolute atomic E-state index is 5.98. The van der Waals surface area contributed by atoms with Gasteiger partial charge in [-0.15, -0.1) is 24.8 Å². The van der Waals surface area contributed by atoms with E-state index in [9.17, 15) is 0 Å². The van der Waals surface area contributed by atoms with Crippen molar-refractivity contribution in [3.8, 4) is 0 Å². The number of aromatic nitrogens is 4. The number of nitrogens with zero attached hydrogens (tertiary/aromatic N) is 4. The Hall–Kier alpha value is -1.89. The summed E-state index contributed by atoms with van der Waals surface area (Å²) in [6.45, 7) is 0.807. The molecule has 2 aliphatic rings. The first kappa shape index (κ1) is 21.8. The van der Waals surface area contributed by atoms with E-state index in [-0.39, 0.29) is 24.8 Å². The fraction of sp³-hybridized carbons (Fsp3) is 0.476. The zero-order valence-electron chi connectivity index (χ0n) is 16.5. The molecule has 2 fully saturated rings. The van der Waals surface area contributed by atoms with Gasteiger partial charge >= 0.3 is 0 Å². The molecule has 5 rings (SSSR count). The highest BCUT2D eigenvalue weighted by molar-refractivity contribution is 5.85. The summed E-state index contributed by atoms with van der Waals surface area (Å²) in [5.74, 6) is 4.10. The molecule has 156 valence electrons. The Balaban J connectivity index is 0.00000120. The van der Waals surface area contributed by atoms with Crippen molar-refractivity contribution >= 4 is 41.7 Å². The minimum Gasteiger partial charge on any atom is -0.370 e. The number of nitrogens with two attached hydrogens (primary N) is 1. The normalized spacial score (nSPS) is 20.5. The van der Waals surface area contributed by atoms with Gasteiger partial charge in [0.25, 0.3) is 0 Å². The number of anilines is 1. The van der Waals surface area contributed by atoms with Crippen LogP contribution >= 0.6 is 24.8 Å². The highest BCUT2D eigenvalue weighted by Gasteiger charge is 2.32. The van der Waals surface area contributed by atoms with Crippen LogP contribution in [0.25, 0.3) is 11.0 Å². The van der Waals surface area contributed by atoms with E-state index in [1.165, 1.54) is 24.1 Å². The molecule has 2 heterocycles. The van der Waals surface area contributed by atoms with E-state index >= 15 is 0 Å². The van der Waals surface area contributed by atoms with Crippen molar-refractivity contribution in [3.05, 3.63) is 47.7 Å². The number of nitrogens with one attached hydrogen (secondary N) is 1. The highest BCUT2D eigenvalue weighted by Crippen LogP contribution is 2.41. The number of hydrogen-bond acceptors (Lipinski definition) is 5. The zero-order chi connectivity index (χ0) is 18.4. The summed E-state index contributed by atoms with van der Waals surface area (Å²) in [5, 5.41) is 3.51. The average Bonchev–Trinajstić information content (AvgIpc) is 3.45. The second kappa shape index (κ2) is 8.86. The van der Waals surface area contributed by atoms with Crippen LogP contribution < -0.4 is 11.1 Å². The number of rotatable bonds is 6. The Labute approximate surface area is 183 Å². The number of fused-ring (bicyclic) bond motifs is 1. The Kier molecular flexibility index (Phi) is 6.66. The van der Waals surface area contributed by atoms with Crippen LogP contribution in [0.5, 0.6) is 0 Å². The van der Waals surface area contributed by atoms with E-state index in [1.807, 2.05) is 6.07 Å². The molecule has 0 radical (unpaired) electrons. The third kappa shape index (κ3) is 4.49. The second-order valence-electron chi connectivity index (χ2n) is 7.99. The third-order valence-electron chi connectivity index (χ3n) is 5.83. The molecule has 0 atom stereocenters. The summed E-state index contributed by atoms with van der Waals surface area (Å²) >= 11 is 0. The fourth-order valence-electron chi connectivity index (χ4n) is 3.93. The minimum atomic E-state index is 0. The van der Waals surface area contributed by atoms with Crippen molar-refractivity contribution in [2.24, 2.45) is 12.8 Å². The van der Waals surface area contributed by atoms with Crippen molar-refractivity contribution in [2.75, 3.05) is 11.9 Å². The standard InChI is InChI=1S/C21H26N6.2ClH/c1-27-18-5-3-2-4-16(18)24-20(27)8-9-23-19-12-17(14-10-15(22)11-14)25-21(26-19)13-6-7-13;;/h2-5,12-15H,6-11,22H2,1H3,(H,23,25,26);2*1H. The van der Waals surface area contributed by atoms with Gasteiger partial charge in [0, 0.05) is 49.7 Å². The third-order valence-corrected chi connectivity index (χ3v) is 5.83. The van der Waals surface area contributed by atoms with E-state index in [1.54, 1.807) is 0 Å². The molecule has 2 aromatic heterocycles. The Morgan fingerprint density at radius 3 is 2.52 bits per heavy atom. The van der Waals surface area contributed by atoms with Gasteiger partial charge in [-0.25, -0.2) is 15.0 Å². The summed E-state index contributed by atoms with van der Waals surface area (Å²) < 4.78 is 2.17. The lowest BCUT2D eigenvalue weighted by atomic mass is 9.78. The minimum absolute atomic E-state index is 0. The molecule has 2 aliphatic carbocycles. The van der Waals surface area contributed by atoms with Crippen LogP contribution in [0, 0.1) is 0 Å². The van der Waals surface area contributed by atoms with Gasteiger partial charge in [-0.2, -0.15) is 0 Å². The van der Waals surface area contributed by atoms with Crippen molar-refractivity contribution in [1.82, 2.24) is 19.5 Å². The quantitative estimate of drug-likeness (QED) is 0.613. The van der Waals surface area contributed by atoms with E-state index in [0.717, 1.165) is 48.8 Å². The average molecular weight is 435 g/mol. The zero-order valence-corrected chi connectivity index (χ0v) is 18.2. The maximum Gasteiger partial charge on any atom is 0.134 e. The lowest BCUT2D eigenvalue weighted by Crippen LogP contribution is -2.35. The summed E-state index contributed by atoms with van der Waals surface area (Å²) in [4.78, 5) is 14.4. The first-order valence-corrected chi connectivity index (χ1v) is 9.96. The lowest BCUT2D eigenvalue weighted by molar-refractivity contribution is 0.344. The summed E-state index contributed by atoms with van der Waals surface area (Å²) in [5.41, 5.74) is 9.37. The highest BCUT2D eigenvalue weighted by atomic mass is 35.5. The van der Waals surface area contributed by atoms with Crippen LogP contribution in [-0.2, 0) is 13.5 Å². The van der Waals surface area contributed by atoms with Gasteiger partial charge < -0.3 is 15.6 Å². The predicted octanol–water partition coefficient (Wildman–Crippen LogP) is 3.94. The number of hydrogen-bond donors (Lipinski definition) is 2. The van der Waals surface area contributed by atoms with Crippen molar-refractivity contribution in [3.63, 3.8) is 0 Å². The molecule has 3 aromatic rings. The molecular formula is C21H28Cl2N6. The molecule has 3 N–H and O–H groups in total. The molecule has 29 heavy (non-hydrogen) atoms. The monoisotopic (exact) mass is 434 g/mol. The fourth-order valence-corrected chi connectivity index (χ4v) is 3.93. The molecule has 0 spiro atoms. The number of imidazole rings is 1. The molecule has 1 aromatic carbocycles. The van der Waals surface area contributed by atoms with Gasteiger partial charge in [0.1, 0.15) is 17.5 Å². The molecule has 2 saturated carbocycles. The van der Waals surface area contributed by atoms with E-state index in [2.05, 4.69) is 41.2 Å². The van der Waals surface area contributed by atoms with Crippen molar-refractivity contribution in [1.29, 1.82) is 0 Å². The van der Waals surface area contributed by atoms with Crippen molar-refractivity contribution in [2.45, 2.75) is 50.0 Å². The van der Waals surface area contributed by atoms with Gasteiger partial charge in [-0.05, 0) is 37.8 Å². The molecule has 8 heteroatoms. The molecule has 0 unspecified atom stereocenters. The summed E-state index contributed by atoms with van der Waals surface area (Å²) in [7, 11) is 2.08. The molecular weight excluding hydrogens is 407 g/mol. The summed E-state index contributed by atoms with van der Waals surface area (Å²) in [6, 6.07) is 10.7. The smallest absolute Gasteiger partial charge is 0.134 e. The van der Waals surface area contributed by atoms with Crippen LogP contribution in [0.15, 0.2) is 30.3 Å². The Bertz CT molecular complexity index is 978. The van der Waals surface area contributed by atoms with Crippen LogP contribution in [0.3, 0.4) is 0 Å². The van der Waals surface area contributed by atoms with Gasteiger partial charge in [-0.3, -0.25) is 0 Å². The van der Waals surface area contributed by atoms with Crippen molar-refractivity contribution < 1.29 is 0 Å². The molecule has 0 aliphatic heterocycles. The van der Waals surface area contributed by atoms with E-state index < -0.39 is 0 Å². The lowest BCUT2D eigenvalue weighted by Gasteiger charge is -2.32. The first-order valence-electron chi connectivity index (χ1n) is 9.96. The number of halogens is 2. The Morgan fingerprint density at radius 2 is 1.83 bits per heavy atom. The van der Waals surface area contributed by atoms with Gasteiger partial charge in [0.15, 0.2) is 0 Å². The van der Waals surface area contributed by atoms with Crippen LogP contribution in [0.2, 0.25) is 0 Å². The van der Waals surface area contributed by atoms with E-state index in [4.69, 9.17) is 20.7 Å². The first-order chi connectivity index (χ1) is 13.2. The molecule has 0 amide bonds. The number of benzene rings is 1. The van der Waals surface area contributed by atoms with Gasteiger partial charge in [0.2, 0.25) is 0 Å². The molecule has 6 nitrogen and oxygen atoms in total.